The first kappa shape index (κ1) is 8.98. The molecule has 0 spiro atoms. The van der Waals surface area contributed by atoms with Crippen molar-refractivity contribution in [2.45, 2.75) is 0 Å². The SMILES string of the molecule is C=CC(=CC(=C)Cl)C(=O)O. The number of hydrogen-bond acceptors (Lipinski definition) is 1. The van der Waals surface area contributed by atoms with Crippen molar-refractivity contribution in [3.05, 3.63) is 35.9 Å². The minimum Gasteiger partial charge on any atom is -0.478 e. The third kappa shape index (κ3) is 3.10. The summed E-state index contributed by atoms with van der Waals surface area (Å²) in [6, 6.07) is 0. The topological polar surface area (TPSA) is 37.3 Å². The summed E-state index contributed by atoms with van der Waals surface area (Å²) in [6.07, 6.45) is 2.44. The van der Waals surface area contributed by atoms with Crippen LogP contribution in [0, 0.1) is 0 Å². The Morgan fingerprint density at radius 3 is 2.20 bits per heavy atom. The molecule has 0 radical (unpaired) electrons. The Labute approximate surface area is 64.1 Å². The monoisotopic (exact) mass is 158 g/mol. The van der Waals surface area contributed by atoms with Crippen LogP contribution in [-0.4, -0.2) is 11.1 Å². The highest BCUT2D eigenvalue weighted by atomic mass is 35.5. The van der Waals surface area contributed by atoms with Gasteiger partial charge in [-0.3, -0.25) is 0 Å². The highest BCUT2D eigenvalue weighted by Gasteiger charge is 2.00. The Hall–Kier alpha value is -1.02. The second-order valence-electron chi connectivity index (χ2n) is 1.56. The lowest BCUT2D eigenvalue weighted by Gasteiger charge is -1.90. The summed E-state index contributed by atoms with van der Waals surface area (Å²) in [6.45, 7) is 6.59. The standard InChI is InChI=1S/C7H7ClO2/c1-3-6(7(9)10)4-5(2)8/h3-4H,1-2H2,(H,9,10). The largest absolute Gasteiger partial charge is 0.478 e. The average Bonchev–Trinajstić information content (AvgIpc) is 1.81. The molecule has 0 aliphatic heterocycles. The molecule has 0 aliphatic rings. The lowest BCUT2D eigenvalue weighted by molar-refractivity contribution is -0.132. The number of allylic oxidation sites excluding steroid dienone is 2. The van der Waals surface area contributed by atoms with Crippen molar-refractivity contribution in [1.29, 1.82) is 0 Å². The second kappa shape index (κ2) is 3.90. The molecule has 0 bridgehead atoms. The van der Waals surface area contributed by atoms with Gasteiger partial charge in [-0.15, -0.1) is 0 Å². The maximum atomic E-state index is 10.2. The molecule has 10 heavy (non-hydrogen) atoms. The molecular weight excluding hydrogens is 152 g/mol. The van der Waals surface area contributed by atoms with Crippen LogP contribution in [0.5, 0.6) is 0 Å². The molecule has 0 unspecified atom stereocenters. The summed E-state index contributed by atoms with van der Waals surface area (Å²) in [7, 11) is 0. The zero-order chi connectivity index (χ0) is 8.15. The molecule has 2 nitrogen and oxygen atoms in total. The normalized spacial score (nSPS) is 10.7. The van der Waals surface area contributed by atoms with Crippen molar-refractivity contribution in [2.24, 2.45) is 0 Å². The van der Waals surface area contributed by atoms with Crippen molar-refractivity contribution in [3.8, 4) is 0 Å². The van der Waals surface area contributed by atoms with Gasteiger partial charge in [0.05, 0.1) is 5.57 Å². The van der Waals surface area contributed by atoms with Gasteiger partial charge in [-0.05, 0) is 6.08 Å². The number of carbonyl (C=O) groups is 1. The van der Waals surface area contributed by atoms with E-state index in [1.54, 1.807) is 0 Å². The number of aliphatic carboxylic acids is 1. The minimum atomic E-state index is -1.06. The predicted molar refractivity (Wildman–Crippen MR) is 40.9 cm³/mol. The molecule has 3 heteroatoms. The molecule has 1 N–H and O–H groups in total. The van der Waals surface area contributed by atoms with Crippen molar-refractivity contribution >= 4 is 17.6 Å². The summed E-state index contributed by atoms with van der Waals surface area (Å²) in [5.74, 6) is -1.06. The van der Waals surface area contributed by atoms with Crippen LogP contribution in [0.4, 0.5) is 0 Å². The first-order chi connectivity index (χ1) is 4.57. The van der Waals surface area contributed by atoms with Gasteiger partial charge in [-0.1, -0.05) is 30.8 Å². The molecular formula is C7H7ClO2. The summed E-state index contributed by atoms with van der Waals surface area (Å²) in [5.41, 5.74) is 0.0417. The molecule has 0 heterocycles. The summed E-state index contributed by atoms with van der Waals surface area (Å²) < 4.78 is 0. The molecule has 0 atom stereocenters. The molecule has 0 aromatic rings. The molecule has 0 saturated heterocycles. The van der Waals surface area contributed by atoms with E-state index in [1.807, 2.05) is 0 Å². The van der Waals surface area contributed by atoms with Gasteiger partial charge in [0.25, 0.3) is 0 Å². The smallest absolute Gasteiger partial charge is 0.335 e. The van der Waals surface area contributed by atoms with E-state index >= 15 is 0 Å². The third-order valence-electron chi connectivity index (χ3n) is 0.779. The van der Waals surface area contributed by atoms with Gasteiger partial charge in [-0.2, -0.15) is 0 Å². The van der Waals surface area contributed by atoms with E-state index in [1.165, 1.54) is 12.2 Å². The fraction of sp³-hybridized carbons (Fsp3) is 0. The van der Waals surface area contributed by atoms with Gasteiger partial charge < -0.3 is 5.11 Å². The first-order valence-electron chi connectivity index (χ1n) is 2.49. The van der Waals surface area contributed by atoms with Crippen LogP contribution in [0.3, 0.4) is 0 Å². The van der Waals surface area contributed by atoms with Crippen molar-refractivity contribution in [1.82, 2.24) is 0 Å². The quantitative estimate of drug-likeness (QED) is 0.504. The molecule has 0 amide bonds. The highest BCUT2D eigenvalue weighted by Crippen LogP contribution is 2.05. The van der Waals surface area contributed by atoms with Crippen LogP contribution >= 0.6 is 11.6 Å². The van der Waals surface area contributed by atoms with Gasteiger partial charge in [0.15, 0.2) is 0 Å². The molecule has 54 valence electrons. The lowest BCUT2D eigenvalue weighted by atomic mass is 10.2. The van der Waals surface area contributed by atoms with E-state index in [2.05, 4.69) is 13.2 Å². The van der Waals surface area contributed by atoms with Crippen LogP contribution in [-0.2, 0) is 4.79 Å². The van der Waals surface area contributed by atoms with Gasteiger partial charge in [0, 0.05) is 5.03 Å². The number of rotatable bonds is 3. The minimum absolute atomic E-state index is 0.0417. The molecule has 0 saturated carbocycles. The van der Waals surface area contributed by atoms with Crippen LogP contribution in [0.25, 0.3) is 0 Å². The zero-order valence-corrected chi connectivity index (χ0v) is 6.06. The number of carboxylic acids is 1. The molecule has 0 rings (SSSR count). The number of hydrogen-bond donors (Lipinski definition) is 1. The first-order valence-corrected chi connectivity index (χ1v) is 2.87. The summed E-state index contributed by atoms with van der Waals surface area (Å²) in [5, 5.41) is 8.56. The molecule has 0 aromatic carbocycles. The van der Waals surface area contributed by atoms with E-state index in [0.717, 1.165) is 0 Å². The van der Waals surface area contributed by atoms with E-state index in [-0.39, 0.29) is 10.6 Å². The zero-order valence-electron chi connectivity index (χ0n) is 5.30. The maximum Gasteiger partial charge on any atom is 0.335 e. The Bertz CT molecular complexity index is 204. The van der Waals surface area contributed by atoms with Crippen molar-refractivity contribution < 1.29 is 9.90 Å². The number of halogens is 1. The summed E-state index contributed by atoms with van der Waals surface area (Å²) >= 11 is 5.31. The van der Waals surface area contributed by atoms with E-state index in [0.29, 0.717) is 0 Å². The van der Waals surface area contributed by atoms with Crippen molar-refractivity contribution in [2.75, 3.05) is 0 Å². The number of carboxylic acid groups (broad SMARTS) is 1. The summed E-state index contributed by atoms with van der Waals surface area (Å²) in [4.78, 5) is 10.2. The van der Waals surface area contributed by atoms with E-state index in [4.69, 9.17) is 16.7 Å². The van der Waals surface area contributed by atoms with Crippen LogP contribution < -0.4 is 0 Å². The lowest BCUT2D eigenvalue weighted by Crippen LogP contribution is -1.96. The van der Waals surface area contributed by atoms with Crippen LogP contribution in [0.2, 0.25) is 0 Å². The Morgan fingerprint density at radius 2 is 2.10 bits per heavy atom. The van der Waals surface area contributed by atoms with E-state index in [9.17, 15) is 4.79 Å². The van der Waals surface area contributed by atoms with Crippen LogP contribution in [0.15, 0.2) is 35.9 Å². The van der Waals surface area contributed by atoms with Gasteiger partial charge >= 0.3 is 5.97 Å². The van der Waals surface area contributed by atoms with Gasteiger partial charge in [0.2, 0.25) is 0 Å². The fourth-order valence-electron chi connectivity index (χ4n) is 0.377. The second-order valence-corrected chi connectivity index (χ2v) is 2.04. The predicted octanol–water partition coefficient (Wildman–Crippen LogP) is 1.94. The van der Waals surface area contributed by atoms with Crippen LogP contribution in [0.1, 0.15) is 0 Å². The molecule has 0 fully saturated rings. The Balaban J connectivity index is 4.49. The Morgan fingerprint density at radius 1 is 1.60 bits per heavy atom. The third-order valence-corrected chi connectivity index (χ3v) is 0.888. The average molecular weight is 159 g/mol. The molecule has 0 aliphatic carbocycles. The highest BCUT2D eigenvalue weighted by molar-refractivity contribution is 6.31. The van der Waals surface area contributed by atoms with Gasteiger partial charge in [-0.25, -0.2) is 4.79 Å². The molecule has 0 aromatic heterocycles. The maximum absolute atomic E-state index is 10.2. The fourth-order valence-corrected chi connectivity index (χ4v) is 0.494. The van der Waals surface area contributed by atoms with Crippen molar-refractivity contribution in [3.63, 3.8) is 0 Å². The van der Waals surface area contributed by atoms with Gasteiger partial charge in [0.1, 0.15) is 0 Å². The Kier molecular flexibility index (Phi) is 3.51. The van der Waals surface area contributed by atoms with E-state index < -0.39 is 5.97 Å².